The fraction of sp³-hybridized carbons (Fsp3) is 0.279. The number of halogens is 1. The smallest absolute Gasteiger partial charge is 0.310 e. The number of carboxylic acids is 1. The van der Waals surface area contributed by atoms with Gasteiger partial charge in [0, 0.05) is 54.2 Å². The molecular weight excluding hydrogens is 655 g/mol. The number of amides is 2. The van der Waals surface area contributed by atoms with E-state index >= 15 is 4.39 Å². The molecule has 1 atom stereocenters. The summed E-state index contributed by atoms with van der Waals surface area (Å²) in [7, 11) is 0. The summed E-state index contributed by atoms with van der Waals surface area (Å²) in [5.41, 5.74) is 7.09. The van der Waals surface area contributed by atoms with Crippen molar-refractivity contribution in [3.05, 3.63) is 131 Å². The minimum atomic E-state index is -0.941. The molecule has 0 bridgehead atoms. The Hall–Kier alpha value is -5.70. The number of hydrogen-bond donors (Lipinski definition) is 2. The first kappa shape index (κ1) is 36.1. The van der Waals surface area contributed by atoms with Crippen molar-refractivity contribution < 1.29 is 23.9 Å². The molecule has 266 valence electrons. The van der Waals surface area contributed by atoms with E-state index in [1.54, 1.807) is 30.6 Å². The molecule has 5 aromatic rings. The van der Waals surface area contributed by atoms with Crippen LogP contribution in [0.15, 0.2) is 103 Å². The van der Waals surface area contributed by atoms with Crippen LogP contribution in [0.2, 0.25) is 0 Å². The lowest BCUT2D eigenvalue weighted by Gasteiger charge is -2.39. The lowest BCUT2D eigenvalue weighted by Crippen LogP contribution is -2.59. The van der Waals surface area contributed by atoms with Crippen LogP contribution in [0.3, 0.4) is 0 Å². The van der Waals surface area contributed by atoms with Gasteiger partial charge in [-0.3, -0.25) is 14.4 Å². The Labute approximate surface area is 303 Å². The predicted molar refractivity (Wildman–Crippen MR) is 200 cm³/mol. The normalized spacial score (nSPS) is 13.4. The predicted octanol–water partition coefficient (Wildman–Crippen LogP) is 7.65. The fourth-order valence-corrected chi connectivity index (χ4v) is 6.46. The van der Waals surface area contributed by atoms with Gasteiger partial charge >= 0.3 is 5.97 Å². The first-order chi connectivity index (χ1) is 25.1. The summed E-state index contributed by atoms with van der Waals surface area (Å²) in [5, 5.41) is 12.2. The van der Waals surface area contributed by atoms with Gasteiger partial charge in [0.05, 0.1) is 5.92 Å². The Morgan fingerprint density at radius 3 is 1.96 bits per heavy atom. The third-order valence-corrected chi connectivity index (χ3v) is 9.42. The molecule has 4 aromatic carbocycles. The van der Waals surface area contributed by atoms with E-state index in [2.05, 4.69) is 48.2 Å². The van der Waals surface area contributed by atoms with Gasteiger partial charge in [0.25, 0.3) is 5.91 Å². The number of aliphatic carboxylic acids is 1. The highest BCUT2D eigenvalue weighted by molar-refractivity contribution is 5.98. The van der Waals surface area contributed by atoms with E-state index in [0.717, 1.165) is 47.1 Å². The van der Waals surface area contributed by atoms with E-state index in [4.69, 9.17) is 0 Å². The van der Waals surface area contributed by atoms with Crippen LogP contribution in [0.5, 0.6) is 0 Å². The minimum Gasteiger partial charge on any atom is -0.481 e. The summed E-state index contributed by atoms with van der Waals surface area (Å²) in [4.78, 5) is 48.6. The number of nitrogens with one attached hydrogen (secondary N) is 1. The van der Waals surface area contributed by atoms with Gasteiger partial charge in [-0.15, -0.1) is 0 Å². The van der Waals surface area contributed by atoms with Gasteiger partial charge in [-0.1, -0.05) is 100.0 Å². The molecule has 0 spiro atoms. The van der Waals surface area contributed by atoms with E-state index in [9.17, 15) is 19.5 Å². The highest BCUT2D eigenvalue weighted by Crippen LogP contribution is 2.29. The Morgan fingerprint density at radius 2 is 1.37 bits per heavy atom. The lowest BCUT2D eigenvalue weighted by atomic mass is 9.96. The molecule has 2 N–H and O–H groups in total. The highest BCUT2D eigenvalue weighted by Gasteiger charge is 2.38. The zero-order valence-corrected chi connectivity index (χ0v) is 29.7. The number of carbonyl (C=O) groups excluding carboxylic acids is 2. The highest BCUT2D eigenvalue weighted by atomic mass is 19.1. The largest absolute Gasteiger partial charge is 0.481 e. The third kappa shape index (κ3) is 8.60. The third-order valence-electron chi connectivity index (χ3n) is 9.42. The molecule has 0 radical (unpaired) electrons. The molecule has 0 aliphatic carbocycles. The van der Waals surface area contributed by atoms with Crippen molar-refractivity contribution in [1.29, 1.82) is 0 Å². The van der Waals surface area contributed by atoms with Crippen LogP contribution in [-0.2, 0) is 28.9 Å². The lowest BCUT2D eigenvalue weighted by molar-refractivity contribution is -0.153. The molecule has 6 rings (SSSR count). The number of nitrogens with zero attached hydrogens (tertiary/aromatic N) is 3. The summed E-state index contributed by atoms with van der Waals surface area (Å²) in [5.74, 6) is -1.66. The monoisotopic (exact) mass is 698 g/mol. The molecule has 1 fully saturated rings. The van der Waals surface area contributed by atoms with Crippen molar-refractivity contribution in [2.75, 3.05) is 13.1 Å². The SMILES string of the molecule is CCCc1ccc(-c2ccc(-c3cnc(-c4ccc(C[C@H](NC(=O)c5ccc(CC(C)C)cc5)C(=O)N5CC(C(=O)O)C5)cc4)nc3)c(F)c2)cc1. The minimum absolute atomic E-state index is 0.109. The number of hydrogen-bond acceptors (Lipinski definition) is 5. The second-order valence-corrected chi connectivity index (χ2v) is 13.9. The molecule has 2 amide bonds. The van der Waals surface area contributed by atoms with Crippen molar-refractivity contribution in [2.24, 2.45) is 11.8 Å². The van der Waals surface area contributed by atoms with E-state index in [-0.39, 0.29) is 37.1 Å². The van der Waals surface area contributed by atoms with Gasteiger partial charge in [0.2, 0.25) is 5.91 Å². The second kappa shape index (κ2) is 16.1. The number of aryl methyl sites for hydroxylation is 1. The van der Waals surface area contributed by atoms with Crippen LogP contribution < -0.4 is 5.32 Å². The van der Waals surface area contributed by atoms with Crippen molar-refractivity contribution in [1.82, 2.24) is 20.2 Å². The van der Waals surface area contributed by atoms with E-state index in [1.807, 2.05) is 54.6 Å². The van der Waals surface area contributed by atoms with Crippen molar-refractivity contribution >= 4 is 17.8 Å². The molecule has 1 aliphatic heterocycles. The summed E-state index contributed by atoms with van der Waals surface area (Å²) in [6.07, 6.45) is 6.40. The Bertz CT molecular complexity index is 2020. The summed E-state index contributed by atoms with van der Waals surface area (Å²) >= 11 is 0. The summed E-state index contributed by atoms with van der Waals surface area (Å²) < 4.78 is 15.3. The Morgan fingerprint density at radius 1 is 0.788 bits per heavy atom. The van der Waals surface area contributed by atoms with Gasteiger partial charge in [-0.25, -0.2) is 14.4 Å². The van der Waals surface area contributed by atoms with E-state index in [1.165, 1.54) is 16.5 Å². The number of rotatable bonds is 13. The maximum Gasteiger partial charge on any atom is 0.310 e. The van der Waals surface area contributed by atoms with Crippen LogP contribution in [-0.4, -0.2) is 56.9 Å². The molecule has 0 saturated carbocycles. The molecule has 9 heteroatoms. The fourth-order valence-electron chi connectivity index (χ4n) is 6.46. The van der Waals surface area contributed by atoms with Gasteiger partial charge in [-0.05, 0) is 64.8 Å². The molecule has 1 aliphatic rings. The Kier molecular flexibility index (Phi) is 11.2. The number of benzene rings is 4. The van der Waals surface area contributed by atoms with Crippen LogP contribution in [0.4, 0.5) is 4.39 Å². The van der Waals surface area contributed by atoms with Crippen LogP contribution in [0.1, 0.15) is 54.2 Å². The van der Waals surface area contributed by atoms with Gasteiger partial charge in [0.1, 0.15) is 11.9 Å². The molecule has 1 saturated heterocycles. The first-order valence-electron chi connectivity index (χ1n) is 17.8. The Balaban J connectivity index is 1.13. The zero-order chi connectivity index (χ0) is 36.8. The number of carboxylic acid groups (broad SMARTS) is 1. The van der Waals surface area contributed by atoms with Crippen molar-refractivity contribution in [3.8, 4) is 33.6 Å². The molecule has 1 aromatic heterocycles. The van der Waals surface area contributed by atoms with Crippen LogP contribution >= 0.6 is 0 Å². The molecular formula is C43H43FN4O4. The average molecular weight is 699 g/mol. The van der Waals surface area contributed by atoms with Crippen molar-refractivity contribution in [3.63, 3.8) is 0 Å². The first-order valence-corrected chi connectivity index (χ1v) is 17.8. The average Bonchev–Trinajstić information content (AvgIpc) is 3.11. The molecule has 2 heterocycles. The standard InChI is InChI=1S/C43H43FN4O4/c1-4-5-28-6-12-31(13-7-28)34-18-19-37(38(44)22-34)35-23-45-40(46-24-35)32-14-8-30(9-15-32)21-39(42(50)48-25-36(26-48)43(51)52)47-41(49)33-16-10-29(11-17-33)20-27(2)3/h6-19,22-24,27,36,39H,4-5,20-21,25-26H2,1-3H3,(H,47,49)(H,51,52)/t39-/m0/s1. The molecule has 52 heavy (non-hydrogen) atoms. The topological polar surface area (TPSA) is 112 Å². The van der Waals surface area contributed by atoms with Gasteiger partial charge in [0.15, 0.2) is 5.82 Å². The summed E-state index contributed by atoms with van der Waals surface area (Å²) in [6.45, 7) is 6.63. The van der Waals surface area contributed by atoms with E-state index in [0.29, 0.717) is 28.4 Å². The maximum atomic E-state index is 15.3. The summed E-state index contributed by atoms with van der Waals surface area (Å²) in [6, 6.07) is 27.2. The molecule has 0 unspecified atom stereocenters. The van der Waals surface area contributed by atoms with Gasteiger partial charge < -0.3 is 15.3 Å². The number of carbonyl (C=O) groups is 3. The maximum absolute atomic E-state index is 15.3. The van der Waals surface area contributed by atoms with E-state index < -0.39 is 17.9 Å². The van der Waals surface area contributed by atoms with Crippen LogP contribution in [0, 0.1) is 17.7 Å². The number of likely N-dealkylation sites (tertiary alicyclic amines) is 1. The van der Waals surface area contributed by atoms with Crippen molar-refractivity contribution in [2.45, 2.75) is 52.5 Å². The zero-order valence-electron chi connectivity index (χ0n) is 29.7. The molecule has 8 nitrogen and oxygen atoms in total. The number of aromatic nitrogens is 2. The quantitative estimate of drug-likeness (QED) is 0.131. The van der Waals surface area contributed by atoms with Crippen LogP contribution in [0.25, 0.3) is 33.6 Å². The second-order valence-electron chi connectivity index (χ2n) is 13.9. The van der Waals surface area contributed by atoms with Gasteiger partial charge in [-0.2, -0.15) is 0 Å².